The zero-order chi connectivity index (χ0) is 35.0. The SMILES string of the molecule is COc1cccc(NC(=O)CCN2CCN(c3ccccn3)CC2)c1.COc1cccc(NC(=O)CCN2CCN(c3ccccn3)CC2)c1.Cl.Cl.Cl.Cl.O. The van der Waals surface area contributed by atoms with Gasteiger partial charge in [-0.25, -0.2) is 9.97 Å². The average molecular weight is 845 g/mol. The maximum Gasteiger partial charge on any atom is 0.225 e. The lowest BCUT2D eigenvalue weighted by Crippen LogP contribution is -2.47. The first-order valence-corrected chi connectivity index (χ1v) is 17.1. The van der Waals surface area contributed by atoms with E-state index in [1.807, 2.05) is 97.3 Å². The molecule has 2 amide bonds. The summed E-state index contributed by atoms with van der Waals surface area (Å²) in [6.45, 7) is 9.09. The van der Waals surface area contributed by atoms with Gasteiger partial charge in [0.1, 0.15) is 23.1 Å². The van der Waals surface area contributed by atoms with Crippen LogP contribution in [-0.4, -0.2) is 117 Å². The highest BCUT2D eigenvalue weighted by Crippen LogP contribution is 2.19. The van der Waals surface area contributed by atoms with Crippen molar-refractivity contribution in [3.63, 3.8) is 0 Å². The molecule has 2 fully saturated rings. The summed E-state index contributed by atoms with van der Waals surface area (Å²) in [4.78, 5) is 42.3. The number of benzene rings is 2. The van der Waals surface area contributed by atoms with Gasteiger partial charge in [0, 0.05) is 114 Å². The van der Waals surface area contributed by atoms with Crippen LogP contribution in [0.2, 0.25) is 0 Å². The molecule has 0 aliphatic carbocycles. The Morgan fingerprint density at radius 2 is 0.945 bits per heavy atom. The molecule has 0 unspecified atom stereocenters. The van der Waals surface area contributed by atoms with Crippen LogP contribution in [0.4, 0.5) is 23.0 Å². The number of carbonyl (C=O) groups excluding carboxylic acids is 2. The summed E-state index contributed by atoms with van der Waals surface area (Å²) >= 11 is 0. The van der Waals surface area contributed by atoms with Crippen molar-refractivity contribution >= 4 is 84.5 Å². The molecule has 4 heterocycles. The van der Waals surface area contributed by atoms with Crippen molar-refractivity contribution in [2.24, 2.45) is 0 Å². The van der Waals surface area contributed by atoms with E-state index in [-0.39, 0.29) is 66.9 Å². The van der Waals surface area contributed by atoms with Crippen LogP contribution in [0.3, 0.4) is 0 Å². The maximum atomic E-state index is 12.1. The second-order valence-electron chi connectivity index (χ2n) is 12.1. The highest BCUT2D eigenvalue weighted by atomic mass is 35.5. The standard InChI is InChI=1S/2C19H24N4O2.4ClH.H2O/c2*1-25-17-6-4-5-16(15-17)21-19(24)8-10-22-11-13-23(14-12-22)18-7-2-3-9-20-18;;;;;/h2*2-7,9,15H,8,10-14H2,1H3,(H,21,24);4*1H;1H2. The first-order chi connectivity index (χ1) is 24.5. The van der Waals surface area contributed by atoms with Gasteiger partial charge in [-0.05, 0) is 48.5 Å². The number of hydrogen-bond acceptors (Lipinski definition) is 10. The van der Waals surface area contributed by atoms with Crippen LogP contribution >= 0.6 is 49.6 Å². The van der Waals surface area contributed by atoms with Crippen molar-refractivity contribution < 1.29 is 24.5 Å². The zero-order valence-corrected chi connectivity index (χ0v) is 34.4. The van der Waals surface area contributed by atoms with E-state index < -0.39 is 0 Å². The van der Waals surface area contributed by atoms with Crippen molar-refractivity contribution in [2.75, 3.05) is 100 Å². The molecule has 0 spiro atoms. The predicted octanol–water partition coefficient (Wildman–Crippen LogP) is 5.34. The van der Waals surface area contributed by atoms with Crippen molar-refractivity contribution in [3.05, 3.63) is 97.3 Å². The van der Waals surface area contributed by atoms with Crippen molar-refractivity contribution in [2.45, 2.75) is 12.8 Å². The molecule has 55 heavy (non-hydrogen) atoms. The number of carbonyl (C=O) groups is 2. The number of nitrogens with one attached hydrogen (secondary N) is 2. The third-order valence-electron chi connectivity index (χ3n) is 8.71. The summed E-state index contributed by atoms with van der Waals surface area (Å²) in [7, 11) is 3.23. The van der Waals surface area contributed by atoms with Crippen LogP contribution in [0.1, 0.15) is 12.8 Å². The van der Waals surface area contributed by atoms with Gasteiger partial charge in [-0.2, -0.15) is 0 Å². The Kier molecular flexibility index (Phi) is 25.5. The number of methoxy groups -OCH3 is 2. The van der Waals surface area contributed by atoms with Crippen LogP contribution in [0.5, 0.6) is 11.5 Å². The van der Waals surface area contributed by atoms with E-state index in [9.17, 15) is 9.59 Å². The van der Waals surface area contributed by atoms with E-state index in [1.54, 1.807) is 14.2 Å². The molecule has 0 bridgehead atoms. The third kappa shape index (κ3) is 17.1. The van der Waals surface area contributed by atoms with E-state index in [0.29, 0.717) is 12.8 Å². The fraction of sp³-hybridized carbons (Fsp3) is 0.368. The van der Waals surface area contributed by atoms with Gasteiger partial charge in [0.05, 0.1) is 14.2 Å². The lowest BCUT2D eigenvalue weighted by Gasteiger charge is -2.35. The molecule has 2 aliphatic rings. The quantitative estimate of drug-likeness (QED) is 0.192. The molecule has 17 heteroatoms. The molecule has 0 atom stereocenters. The molecule has 2 aliphatic heterocycles. The Morgan fingerprint density at radius 1 is 0.564 bits per heavy atom. The number of hydrogen-bond donors (Lipinski definition) is 2. The van der Waals surface area contributed by atoms with Gasteiger partial charge in [-0.1, -0.05) is 24.3 Å². The van der Waals surface area contributed by atoms with E-state index in [1.165, 1.54) is 0 Å². The van der Waals surface area contributed by atoms with Crippen LogP contribution in [0.15, 0.2) is 97.3 Å². The summed E-state index contributed by atoms with van der Waals surface area (Å²) in [6.07, 6.45) is 4.62. The molecule has 304 valence electrons. The van der Waals surface area contributed by atoms with Crippen LogP contribution in [0.25, 0.3) is 0 Å². The Balaban J connectivity index is 0.000000972. The number of anilines is 4. The van der Waals surface area contributed by atoms with Gasteiger partial charge in [-0.15, -0.1) is 49.6 Å². The molecule has 0 saturated carbocycles. The summed E-state index contributed by atoms with van der Waals surface area (Å²) < 4.78 is 10.3. The van der Waals surface area contributed by atoms with Gasteiger partial charge < -0.3 is 35.4 Å². The minimum atomic E-state index is 0. The van der Waals surface area contributed by atoms with Crippen LogP contribution in [-0.2, 0) is 9.59 Å². The van der Waals surface area contributed by atoms with E-state index in [2.05, 4.69) is 40.2 Å². The lowest BCUT2D eigenvalue weighted by molar-refractivity contribution is -0.117. The second kappa shape index (κ2) is 27.5. The summed E-state index contributed by atoms with van der Waals surface area (Å²) in [5, 5.41) is 5.85. The fourth-order valence-corrected chi connectivity index (χ4v) is 5.85. The number of ether oxygens (including phenoxy) is 2. The molecule has 4 aromatic rings. The molecule has 2 saturated heterocycles. The largest absolute Gasteiger partial charge is 0.497 e. The zero-order valence-electron chi connectivity index (χ0n) is 31.2. The summed E-state index contributed by atoms with van der Waals surface area (Å²) in [6, 6.07) is 26.8. The van der Waals surface area contributed by atoms with Gasteiger partial charge in [0.25, 0.3) is 0 Å². The number of piperazine rings is 2. The van der Waals surface area contributed by atoms with E-state index in [4.69, 9.17) is 9.47 Å². The van der Waals surface area contributed by atoms with E-state index in [0.717, 1.165) is 100.0 Å². The highest BCUT2D eigenvalue weighted by Gasteiger charge is 2.19. The second-order valence-corrected chi connectivity index (χ2v) is 12.1. The molecule has 4 N–H and O–H groups in total. The summed E-state index contributed by atoms with van der Waals surface area (Å²) in [5.41, 5.74) is 1.54. The monoisotopic (exact) mass is 842 g/mol. The predicted molar refractivity (Wildman–Crippen MR) is 231 cm³/mol. The van der Waals surface area contributed by atoms with Crippen molar-refractivity contribution in [3.8, 4) is 11.5 Å². The normalized spacial score (nSPS) is 13.6. The van der Waals surface area contributed by atoms with Crippen molar-refractivity contribution in [1.82, 2.24) is 19.8 Å². The number of pyridine rings is 2. The topological polar surface area (TPSA) is 147 Å². The molecule has 2 aromatic heterocycles. The Labute approximate surface area is 349 Å². The number of nitrogens with zero attached hydrogens (tertiary/aromatic N) is 6. The Morgan fingerprint density at radius 3 is 1.27 bits per heavy atom. The minimum Gasteiger partial charge on any atom is -0.497 e. The van der Waals surface area contributed by atoms with E-state index >= 15 is 0 Å². The first-order valence-electron chi connectivity index (χ1n) is 17.1. The lowest BCUT2D eigenvalue weighted by atomic mass is 10.2. The smallest absolute Gasteiger partial charge is 0.225 e. The number of halogens is 4. The molecule has 0 radical (unpaired) electrons. The minimum absolute atomic E-state index is 0. The highest BCUT2D eigenvalue weighted by molar-refractivity contribution is 5.91. The number of amides is 2. The maximum absolute atomic E-state index is 12.1. The molecule has 6 rings (SSSR count). The molecule has 2 aromatic carbocycles. The first kappa shape index (κ1) is 50.9. The Bertz CT molecular complexity index is 1510. The molecular formula is C38H54Cl4N8O5. The van der Waals surface area contributed by atoms with Crippen LogP contribution in [0, 0.1) is 0 Å². The molecule has 13 nitrogen and oxygen atoms in total. The van der Waals surface area contributed by atoms with Gasteiger partial charge >= 0.3 is 0 Å². The summed E-state index contributed by atoms with van der Waals surface area (Å²) in [5.74, 6) is 3.59. The van der Waals surface area contributed by atoms with Gasteiger partial charge in [0.2, 0.25) is 11.8 Å². The number of rotatable bonds is 12. The Hall–Kier alpha value is -4.08. The third-order valence-corrected chi connectivity index (χ3v) is 8.71. The van der Waals surface area contributed by atoms with Crippen molar-refractivity contribution in [1.29, 1.82) is 0 Å². The van der Waals surface area contributed by atoms with Gasteiger partial charge in [-0.3, -0.25) is 19.4 Å². The average Bonchev–Trinajstić information content (AvgIpc) is 3.18. The molecular weight excluding hydrogens is 790 g/mol. The van der Waals surface area contributed by atoms with Gasteiger partial charge in [0.15, 0.2) is 0 Å². The van der Waals surface area contributed by atoms with Crippen LogP contribution < -0.4 is 29.9 Å². The fourth-order valence-electron chi connectivity index (χ4n) is 5.85. The number of aromatic nitrogens is 2.